The van der Waals surface area contributed by atoms with Gasteiger partial charge >= 0.3 is 74.3 Å². The molecule has 82 valence electrons. The third-order valence-corrected chi connectivity index (χ3v) is 8.78. The molecule has 0 bridgehead atoms. The average molecular weight is 220 g/mol. The third-order valence-electron chi connectivity index (χ3n) is 3.59. The predicted molar refractivity (Wildman–Crippen MR) is 44.1 cm³/mol. The van der Waals surface area contributed by atoms with Crippen LogP contribution in [0.1, 0.15) is 0 Å². The number of hydrogen-bond donors (Lipinski definition) is 0. The van der Waals surface area contributed by atoms with Crippen LogP contribution in [0.25, 0.3) is 0 Å². The molecule has 0 aromatic heterocycles. The molecule has 1 heterocycles. The fourth-order valence-corrected chi connectivity index (χ4v) is 4.21. The number of nitrogens with zero attached hydrogens (tertiary/aromatic N) is 2. The summed E-state index contributed by atoms with van der Waals surface area (Å²) in [5.74, 6) is 0. The molecule has 13 heavy (non-hydrogen) atoms. The average Bonchev–Trinajstić information content (AvgIpc) is 1.87. The maximum atomic E-state index is 13.6. The van der Waals surface area contributed by atoms with Crippen molar-refractivity contribution >= 4 is 8.29 Å². The van der Waals surface area contributed by atoms with E-state index in [1.54, 1.807) is 0 Å². The van der Waals surface area contributed by atoms with Gasteiger partial charge in [-0.15, -0.1) is 0 Å². The summed E-state index contributed by atoms with van der Waals surface area (Å²) in [4.78, 5) is 0. The number of hydrogen-bond acceptors (Lipinski definition) is 0. The summed E-state index contributed by atoms with van der Waals surface area (Å²) < 4.78 is 51.7. The van der Waals surface area contributed by atoms with E-state index in [0.29, 0.717) is 0 Å². The van der Waals surface area contributed by atoms with Crippen LogP contribution >= 0.6 is 0 Å². The van der Waals surface area contributed by atoms with Crippen molar-refractivity contribution < 1.29 is 24.7 Å². The first-order valence-electron chi connectivity index (χ1n) is 4.12. The van der Waals surface area contributed by atoms with E-state index in [0.717, 1.165) is 28.2 Å². The van der Waals surface area contributed by atoms with E-state index in [4.69, 9.17) is 0 Å². The van der Waals surface area contributed by atoms with E-state index in [9.17, 15) is 16.4 Å². The molecule has 0 amide bonds. The van der Waals surface area contributed by atoms with Crippen LogP contribution in [0.5, 0.6) is 0 Å². The van der Waals surface area contributed by atoms with Crippen LogP contribution in [-0.4, -0.2) is 57.9 Å². The SMILES string of the molecule is C[N+]1(C)CC[N+](C)(C)[Si-2]1(F)(F)(F)F. The summed E-state index contributed by atoms with van der Waals surface area (Å²) in [6.07, 6.45) is 0. The van der Waals surface area contributed by atoms with Gasteiger partial charge in [0.15, 0.2) is 0 Å². The fourth-order valence-electron chi connectivity index (χ4n) is 1.67. The molecule has 0 aliphatic carbocycles. The molecular formula is C6H16F4N2Si. The summed E-state index contributed by atoms with van der Waals surface area (Å²) in [5.41, 5.74) is 0. The second kappa shape index (κ2) is 1.68. The number of rotatable bonds is 0. The van der Waals surface area contributed by atoms with E-state index in [1.165, 1.54) is 0 Å². The molecule has 1 aliphatic heterocycles. The van der Waals surface area contributed by atoms with Crippen LogP contribution in [0.2, 0.25) is 0 Å². The molecule has 0 radical (unpaired) electrons. The van der Waals surface area contributed by atoms with Gasteiger partial charge in [-0.3, -0.25) is 0 Å². The van der Waals surface area contributed by atoms with Crippen LogP contribution in [0.15, 0.2) is 0 Å². The van der Waals surface area contributed by atoms with Crippen LogP contribution in [0.4, 0.5) is 16.4 Å². The Balaban J connectivity index is 3.51. The molecule has 1 rings (SSSR count). The van der Waals surface area contributed by atoms with Crippen LogP contribution in [-0.2, 0) is 0 Å². The van der Waals surface area contributed by atoms with Gasteiger partial charge in [-0.1, -0.05) is 0 Å². The quantitative estimate of drug-likeness (QED) is 0.328. The van der Waals surface area contributed by atoms with E-state index in [1.807, 2.05) is 0 Å². The third kappa shape index (κ3) is 0.848. The van der Waals surface area contributed by atoms with Gasteiger partial charge in [0.25, 0.3) is 0 Å². The Morgan fingerprint density at radius 3 is 1.08 bits per heavy atom. The minimum absolute atomic E-state index is 0.183. The fraction of sp³-hybridized carbons (Fsp3) is 1.00. The van der Waals surface area contributed by atoms with E-state index < -0.39 is 16.6 Å². The van der Waals surface area contributed by atoms with Crippen molar-refractivity contribution in [1.82, 2.24) is 0 Å². The maximum absolute atomic E-state index is 13.6. The summed E-state index contributed by atoms with van der Waals surface area (Å²) in [6.45, 7) is -0.367. The first-order valence-corrected chi connectivity index (χ1v) is 6.53. The Labute approximate surface area is 75.2 Å². The van der Waals surface area contributed by atoms with Crippen molar-refractivity contribution in [3.05, 3.63) is 0 Å². The number of quaternary nitrogens is 2. The molecule has 0 unspecified atom stereocenters. The summed E-state index contributed by atoms with van der Waals surface area (Å²) in [6, 6.07) is 0. The van der Waals surface area contributed by atoms with Crippen LogP contribution < -0.4 is 0 Å². The molecular weight excluding hydrogens is 204 g/mol. The molecule has 0 atom stereocenters. The molecule has 0 aromatic carbocycles. The van der Waals surface area contributed by atoms with Gasteiger partial charge in [-0.25, -0.2) is 0 Å². The van der Waals surface area contributed by atoms with Gasteiger partial charge in [0.2, 0.25) is 0 Å². The minimum atomic E-state index is -8.51. The molecule has 0 N–H and O–H groups in total. The molecule has 7 heteroatoms. The summed E-state index contributed by atoms with van der Waals surface area (Å²) in [5, 5.41) is 0. The molecule has 2 nitrogen and oxygen atoms in total. The second-order valence-electron chi connectivity index (χ2n) is 5.02. The molecule has 1 aliphatic rings. The first-order chi connectivity index (χ1) is 5.25. The van der Waals surface area contributed by atoms with E-state index in [-0.39, 0.29) is 13.1 Å². The van der Waals surface area contributed by atoms with Crippen LogP contribution in [0, 0.1) is 0 Å². The van der Waals surface area contributed by atoms with E-state index in [2.05, 4.69) is 0 Å². The number of likely N-dealkylation sites (N-methyl/N-ethyl adjacent to an activating group) is 2. The van der Waals surface area contributed by atoms with Gasteiger partial charge in [0.1, 0.15) is 0 Å². The van der Waals surface area contributed by atoms with Gasteiger partial charge in [-0.05, 0) is 0 Å². The molecule has 0 saturated carbocycles. The zero-order valence-electron chi connectivity index (χ0n) is 8.32. The monoisotopic (exact) mass is 220 g/mol. The first kappa shape index (κ1) is 10.9. The van der Waals surface area contributed by atoms with Gasteiger partial charge in [-0.2, -0.15) is 0 Å². The van der Waals surface area contributed by atoms with Crippen LogP contribution in [0.3, 0.4) is 0 Å². The predicted octanol–water partition coefficient (Wildman–Crippen LogP) is 1.37. The normalized spacial score (nSPS) is 42.5. The Morgan fingerprint density at radius 2 is 1.00 bits per heavy atom. The Bertz CT molecular complexity index is 243. The topological polar surface area (TPSA) is 0 Å². The molecule has 0 spiro atoms. The molecule has 1 fully saturated rings. The zero-order chi connectivity index (χ0) is 10.8. The van der Waals surface area contributed by atoms with Gasteiger partial charge in [0, 0.05) is 0 Å². The van der Waals surface area contributed by atoms with Gasteiger partial charge in [0.05, 0.1) is 0 Å². The number of halogens is 4. The van der Waals surface area contributed by atoms with Crippen molar-refractivity contribution in [1.29, 1.82) is 0 Å². The van der Waals surface area contributed by atoms with Crippen molar-refractivity contribution in [2.24, 2.45) is 0 Å². The Morgan fingerprint density at radius 1 is 0.769 bits per heavy atom. The van der Waals surface area contributed by atoms with Crippen molar-refractivity contribution in [2.75, 3.05) is 41.3 Å². The Hall–Kier alpha value is -0.143. The Kier molecular flexibility index (Phi) is 1.41. The van der Waals surface area contributed by atoms with Crippen molar-refractivity contribution in [3.63, 3.8) is 0 Å². The van der Waals surface area contributed by atoms with Crippen molar-refractivity contribution in [3.8, 4) is 0 Å². The summed E-state index contributed by atoms with van der Waals surface area (Å²) in [7, 11) is -4.85. The molecule has 1 saturated heterocycles. The van der Waals surface area contributed by atoms with Crippen molar-refractivity contribution in [2.45, 2.75) is 0 Å². The van der Waals surface area contributed by atoms with Gasteiger partial charge < -0.3 is 0 Å². The summed E-state index contributed by atoms with van der Waals surface area (Å²) >= 11 is 0. The second-order valence-corrected chi connectivity index (χ2v) is 9.85. The standard InChI is InChI=1S/C6H16F4N2Si/c1-11(2)5-6-12(3,4)13(11,7,8,9)10/h5-6H2,1-4H3. The molecule has 0 aromatic rings. The zero-order valence-corrected chi connectivity index (χ0v) is 9.32. The van der Waals surface area contributed by atoms with E-state index >= 15 is 0 Å².